The molecular weight excluding hydrogens is 346 g/mol. The molecule has 0 radical (unpaired) electrons. The van der Waals surface area contributed by atoms with Gasteiger partial charge < -0.3 is 9.73 Å². The molecule has 0 saturated carbocycles. The molecule has 27 heavy (non-hydrogen) atoms. The first-order valence-corrected chi connectivity index (χ1v) is 8.78. The average Bonchev–Trinajstić information content (AvgIpc) is 3.29. The van der Waals surface area contributed by atoms with Crippen LogP contribution in [-0.4, -0.2) is 25.1 Å². The van der Waals surface area contributed by atoms with Crippen LogP contribution in [0.2, 0.25) is 0 Å². The molecule has 138 valence electrons. The highest BCUT2D eigenvalue weighted by atomic mass is 16.3. The quantitative estimate of drug-likeness (QED) is 0.584. The van der Waals surface area contributed by atoms with Crippen molar-refractivity contribution in [2.24, 2.45) is 0 Å². The summed E-state index contributed by atoms with van der Waals surface area (Å²) in [6.45, 7) is 3.90. The van der Waals surface area contributed by atoms with E-state index in [-0.39, 0.29) is 11.5 Å². The van der Waals surface area contributed by atoms with E-state index in [0.29, 0.717) is 29.9 Å². The minimum Gasteiger partial charge on any atom is -0.463 e. The molecule has 0 fully saturated rings. The van der Waals surface area contributed by atoms with Gasteiger partial charge in [-0.25, -0.2) is 4.68 Å². The van der Waals surface area contributed by atoms with Crippen LogP contribution >= 0.6 is 0 Å². The van der Waals surface area contributed by atoms with Gasteiger partial charge >= 0.3 is 0 Å². The second-order valence-corrected chi connectivity index (χ2v) is 6.27. The molecule has 1 amide bonds. The van der Waals surface area contributed by atoms with Crippen molar-refractivity contribution in [1.82, 2.24) is 24.5 Å². The molecule has 4 rings (SSSR count). The standard InChI is InChI=1S/C19H19N5O3/c1-3-17-22-24(12(2)18(25)21-11-13-6-4-5-8-20-13)19(26)15-10-16-14(23(15)17)7-9-27-16/h4-10,12H,3,11H2,1-2H3,(H,21,25)/t12-/m0/s1. The smallest absolute Gasteiger partial charge is 0.291 e. The summed E-state index contributed by atoms with van der Waals surface area (Å²) in [4.78, 5) is 29.7. The average molecular weight is 365 g/mol. The van der Waals surface area contributed by atoms with Gasteiger partial charge in [0.2, 0.25) is 5.91 Å². The highest BCUT2D eigenvalue weighted by Crippen LogP contribution is 2.21. The predicted molar refractivity (Wildman–Crippen MR) is 99.4 cm³/mol. The first-order valence-electron chi connectivity index (χ1n) is 8.78. The topological polar surface area (TPSA) is 94.4 Å². The summed E-state index contributed by atoms with van der Waals surface area (Å²) >= 11 is 0. The van der Waals surface area contributed by atoms with E-state index in [9.17, 15) is 9.59 Å². The van der Waals surface area contributed by atoms with Crippen LogP contribution in [-0.2, 0) is 17.8 Å². The lowest BCUT2D eigenvalue weighted by Crippen LogP contribution is -2.38. The number of carbonyl (C=O) groups is 1. The highest BCUT2D eigenvalue weighted by molar-refractivity contribution is 5.83. The second-order valence-electron chi connectivity index (χ2n) is 6.27. The van der Waals surface area contributed by atoms with Crippen molar-refractivity contribution in [3.05, 3.63) is 64.7 Å². The Balaban J connectivity index is 1.69. The lowest BCUT2D eigenvalue weighted by molar-refractivity contribution is -0.124. The number of rotatable bonds is 5. The Kier molecular flexibility index (Phi) is 4.23. The van der Waals surface area contributed by atoms with E-state index >= 15 is 0 Å². The van der Waals surface area contributed by atoms with Gasteiger partial charge in [-0.1, -0.05) is 13.0 Å². The maximum absolute atomic E-state index is 12.9. The van der Waals surface area contributed by atoms with Gasteiger partial charge in [-0.2, -0.15) is 5.10 Å². The van der Waals surface area contributed by atoms with Gasteiger partial charge in [0.05, 0.1) is 24.0 Å². The molecule has 4 heterocycles. The Labute approximate surface area is 154 Å². The summed E-state index contributed by atoms with van der Waals surface area (Å²) in [5, 5.41) is 7.25. The number of aryl methyl sites for hydroxylation is 1. The summed E-state index contributed by atoms with van der Waals surface area (Å²) in [7, 11) is 0. The molecule has 8 heteroatoms. The Morgan fingerprint density at radius 2 is 2.15 bits per heavy atom. The fraction of sp³-hybridized carbons (Fsp3) is 0.263. The monoisotopic (exact) mass is 365 g/mol. The fourth-order valence-electron chi connectivity index (χ4n) is 3.12. The molecule has 1 N–H and O–H groups in total. The maximum Gasteiger partial charge on any atom is 0.291 e. The van der Waals surface area contributed by atoms with Crippen LogP contribution in [0, 0.1) is 0 Å². The van der Waals surface area contributed by atoms with E-state index in [2.05, 4.69) is 15.4 Å². The summed E-state index contributed by atoms with van der Waals surface area (Å²) in [5.74, 6) is 0.391. The van der Waals surface area contributed by atoms with Crippen LogP contribution in [0.3, 0.4) is 0 Å². The maximum atomic E-state index is 12.9. The van der Waals surface area contributed by atoms with Crippen molar-refractivity contribution in [2.75, 3.05) is 0 Å². The van der Waals surface area contributed by atoms with Crippen LogP contribution in [0.5, 0.6) is 0 Å². The first-order chi connectivity index (χ1) is 13.1. The van der Waals surface area contributed by atoms with Gasteiger partial charge in [-0.05, 0) is 19.1 Å². The summed E-state index contributed by atoms with van der Waals surface area (Å²) in [6, 6.07) is 8.23. The van der Waals surface area contributed by atoms with E-state index < -0.39 is 6.04 Å². The van der Waals surface area contributed by atoms with Crippen molar-refractivity contribution < 1.29 is 9.21 Å². The SMILES string of the molecule is CCc1nn([C@@H](C)C(=O)NCc2ccccn2)c(=O)c2cc3occc3n12. The molecular formula is C19H19N5O3. The number of nitrogens with one attached hydrogen (secondary N) is 1. The van der Waals surface area contributed by atoms with E-state index in [1.807, 2.05) is 25.1 Å². The molecule has 4 aromatic rings. The highest BCUT2D eigenvalue weighted by Gasteiger charge is 2.22. The summed E-state index contributed by atoms with van der Waals surface area (Å²) in [6.07, 6.45) is 3.85. The van der Waals surface area contributed by atoms with Crippen molar-refractivity contribution in [3.63, 3.8) is 0 Å². The van der Waals surface area contributed by atoms with Crippen molar-refractivity contribution in [2.45, 2.75) is 32.9 Å². The molecule has 0 aliphatic carbocycles. The molecule has 0 spiro atoms. The predicted octanol–water partition coefficient (Wildman–Crippen LogP) is 2.08. The Morgan fingerprint density at radius 1 is 1.30 bits per heavy atom. The normalized spacial score (nSPS) is 12.5. The number of amides is 1. The Morgan fingerprint density at radius 3 is 2.89 bits per heavy atom. The zero-order valence-corrected chi connectivity index (χ0v) is 15.0. The van der Waals surface area contributed by atoms with Gasteiger partial charge in [-0.15, -0.1) is 0 Å². The Bertz CT molecular complexity index is 1170. The molecule has 0 unspecified atom stereocenters. The molecule has 4 aromatic heterocycles. The molecule has 1 atom stereocenters. The van der Waals surface area contributed by atoms with Crippen LogP contribution < -0.4 is 10.9 Å². The largest absolute Gasteiger partial charge is 0.463 e. The second kappa shape index (κ2) is 6.71. The lowest BCUT2D eigenvalue weighted by atomic mass is 10.3. The number of aromatic nitrogens is 4. The minimum atomic E-state index is -0.752. The van der Waals surface area contributed by atoms with Crippen LogP contribution in [0.25, 0.3) is 16.6 Å². The van der Waals surface area contributed by atoms with E-state index in [1.165, 1.54) is 4.68 Å². The van der Waals surface area contributed by atoms with Crippen molar-refractivity contribution in [3.8, 4) is 0 Å². The minimum absolute atomic E-state index is 0.291. The van der Waals surface area contributed by atoms with E-state index in [1.54, 1.807) is 35.9 Å². The number of pyridine rings is 1. The van der Waals surface area contributed by atoms with Gasteiger partial charge in [0, 0.05) is 24.8 Å². The third-order valence-electron chi connectivity index (χ3n) is 4.56. The van der Waals surface area contributed by atoms with Crippen LogP contribution in [0.1, 0.15) is 31.4 Å². The van der Waals surface area contributed by atoms with Gasteiger partial charge in [0.1, 0.15) is 17.4 Å². The number of furan rings is 1. The zero-order valence-electron chi connectivity index (χ0n) is 15.0. The number of fused-ring (bicyclic) bond motifs is 3. The molecule has 0 saturated heterocycles. The third-order valence-corrected chi connectivity index (χ3v) is 4.56. The van der Waals surface area contributed by atoms with Gasteiger partial charge in [0.15, 0.2) is 5.58 Å². The molecule has 0 aromatic carbocycles. The number of nitrogens with zero attached hydrogens (tertiary/aromatic N) is 4. The lowest BCUT2D eigenvalue weighted by Gasteiger charge is -2.16. The van der Waals surface area contributed by atoms with E-state index in [0.717, 1.165) is 11.2 Å². The molecule has 0 aliphatic rings. The summed E-state index contributed by atoms with van der Waals surface area (Å²) in [5.41, 5.74) is 2.27. The number of hydrogen-bond acceptors (Lipinski definition) is 5. The van der Waals surface area contributed by atoms with Crippen molar-refractivity contribution in [1.29, 1.82) is 0 Å². The summed E-state index contributed by atoms with van der Waals surface area (Å²) < 4.78 is 8.43. The van der Waals surface area contributed by atoms with Crippen LogP contribution in [0.15, 0.2) is 52.0 Å². The van der Waals surface area contributed by atoms with Crippen LogP contribution in [0.4, 0.5) is 0 Å². The molecule has 0 aliphatic heterocycles. The molecule has 8 nitrogen and oxygen atoms in total. The zero-order chi connectivity index (χ0) is 19.0. The third kappa shape index (κ3) is 2.88. The number of hydrogen-bond donors (Lipinski definition) is 1. The number of carbonyl (C=O) groups excluding carboxylic acids is 1. The molecule has 0 bridgehead atoms. The van der Waals surface area contributed by atoms with Gasteiger partial charge in [0.25, 0.3) is 5.56 Å². The van der Waals surface area contributed by atoms with E-state index in [4.69, 9.17) is 4.42 Å². The van der Waals surface area contributed by atoms with Gasteiger partial charge in [-0.3, -0.25) is 19.0 Å². The first kappa shape index (κ1) is 17.0. The Hall–Kier alpha value is -3.42. The fourth-order valence-corrected chi connectivity index (χ4v) is 3.12. The van der Waals surface area contributed by atoms with Crippen molar-refractivity contribution >= 4 is 22.5 Å².